The molecule has 0 bridgehead atoms. The van der Waals surface area contributed by atoms with Crippen LogP contribution in [0.2, 0.25) is 0 Å². The maximum absolute atomic E-state index is 6.18. The smallest absolute Gasteiger partial charge is 0.203 e. The van der Waals surface area contributed by atoms with Crippen molar-refractivity contribution in [1.29, 1.82) is 0 Å². The van der Waals surface area contributed by atoms with E-state index in [4.69, 9.17) is 23.9 Å². The van der Waals surface area contributed by atoms with Gasteiger partial charge in [-0.25, -0.2) is 0 Å². The van der Waals surface area contributed by atoms with Crippen molar-refractivity contribution in [3.8, 4) is 23.0 Å². The number of thioether (sulfide) groups is 1. The van der Waals surface area contributed by atoms with Gasteiger partial charge < -0.3 is 18.9 Å². The standard InChI is InChI=1S/C25H23NO4S/c1-27-20-13-12-16(23(28-2)24(20)29-3)25-17-14-30-19-10-6-4-8-15(19)22(17)26-18-9-5-7-11-21(18)31-25/h4-13,17,25H,14H2,1-3H3/t17-,25+/m1/s1. The highest BCUT2D eigenvalue weighted by Gasteiger charge is 2.39. The molecule has 0 radical (unpaired) electrons. The lowest BCUT2D eigenvalue weighted by atomic mass is 9.87. The molecular formula is C25H23NO4S. The van der Waals surface area contributed by atoms with Crippen molar-refractivity contribution >= 4 is 23.2 Å². The summed E-state index contributed by atoms with van der Waals surface area (Å²) in [5, 5.41) is 0.0190. The van der Waals surface area contributed by atoms with Crippen LogP contribution in [0.25, 0.3) is 0 Å². The van der Waals surface area contributed by atoms with Crippen LogP contribution >= 0.6 is 11.8 Å². The summed E-state index contributed by atoms with van der Waals surface area (Å²) in [4.78, 5) is 6.26. The first-order valence-corrected chi connectivity index (χ1v) is 11.0. The van der Waals surface area contributed by atoms with Crippen LogP contribution in [0, 0.1) is 5.92 Å². The molecule has 31 heavy (non-hydrogen) atoms. The molecule has 3 aromatic rings. The van der Waals surface area contributed by atoms with Gasteiger partial charge in [0.05, 0.1) is 45.3 Å². The Morgan fingerprint density at radius 1 is 0.871 bits per heavy atom. The van der Waals surface area contributed by atoms with Gasteiger partial charge in [-0.3, -0.25) is 4.99 Å². The fraction of sp³-hybridized carbons (Fsp3) is 0.240. The minimum absolute atomic E-state index is 0.0190. The van der Waals surface area contributed by atoms with Crippen LogP contribution in [0.15, 0.2) is 70.6 Å². The van der Waals surface area contributed by atoms with E-state index in [1.807, 2.05) is 36.4 Å². The van der Waals surface area contributed by atoms with Gasteiger partial charge in [0.25, 0.3) is 0 Å². The quantitative estimate of drug-likeness (QED) is 0.529. The molecule has 0 unspecified atom stereocenters. The Morgan fingerprint density at radius 3 is 2.45 bits per heavy atom. The summed E-state index contributed by atoms with van der Waals surface area (Å²) in [5.74, 6) is 2.83. The molecule has 0 N–H and O–H groups in total. The van der Waals surface area contributed by atoms with Crippen LogP contribution in [0.4, 0.5) is 5.69 Å². The minimum atomic E-state index is 0.0190. The Balaban J connectivity index is 1.72. The van der Waals surface area contributed by atoms with Gasteiger partial charge in [-0.1, -0.05) is 30.3 Å². The average molecular weight is 434 g/mol. The maximum Gasteiger partial charge on any atom is 0.203 e. The first kappa shape index (κ1) is 19.8. The third kappa shape index (κ3) is 3.31. The van der Waals surface area contributed by atoms with Gasteiger partial charge in [-0.15, -0.1) is 11.8 Å². The zero-order valence-electron chi connectivity index (χ0n) is 17.6. The molecule has 5 rings (SSSR count). The van der Waals surface area contributed by atoms with Gasteiger partial charge in [-0.05, 0) is 30.3 Å². The Hall–Kier alpha value is -3.12. The molecule has 3 aromatic carbocycles. The molecule has 0 saturated carbocycles. The van der Waals surface area contributed by atoms with Crippen LogP contribution in [0.3, 0.4) is 0 Å². The monoisotopic (exact) mass is 433 g/mol. The van der Waals surface area contributed by atoms with E-state index >= 15 is 0 Å². The Bertz CT molecular complexity index is 1160. The second kappa shape index (κ2) is 8.19. The Labute approximate surface area is 186 Å². The van der Waals surface area contributed by atoms with E-state index in [0.717, 1.165) is 33.2 Å². The van der Waals surface area contributed by atoms with Gasteiger partial charge in [0.15, 0.2) is 11.5 Å². The van der Waals surface area contributed by atoms with Crippen LogP contribution in [0.1, 0.15) is 16.4 Å². The van der Waals surface area contributed by atoms with E-state index in [1.54, 1.807) is 33.1 Å². The van der Waals surface area contributed by atoms with Crippen molar-refractivity contribution in [3.05, 3.63) is 71.8 Å². The van der Waals surface area contributed by atoms with Gasteiger partial charge >= 0.3 is 0 Å². The van der Waals surface area contributed by atoms with Crippen molar-refractivity contribution in [2.75, 3.05) is 27.9 Å². The van der Waals surface area contributed by atoms with Gasteiger partial charge in [0, 0.05) is 21.3 Å². The zero-order chi connectivity index (χ0) is 21.4. The lowest BCUT2D eigenvalue weighted by Crippen LogP contribution is -2.32. The van der Waals surface area contributed by atoms with Crippen molar-refractivity contribution in [1.82, 2.24) is 0 Å². The molecule has 0 aromatic heterocycles. The number of benzene rings is 3. The molecule has 5 nitrogen and oxygen atoms in total. The third-order valence-corrected chi connectivity index (χ3v) is 7.13. The number of nitrogens with zero attached hydrogens (tertiary/aromatic N) is 1. The first-order chi connectivity index (χ1) is 15.2. The molecule has 6 heteroatoms. The molecule has 0 aliphatic carbocycles. The van der Waals surface area contributed by atoms with Crippen LogP contribution < -0.4 is 18.9 Å². The van der Waals surface area contributed by atoms with Crippen molar-refractivity contribution < 1.29 is 18.9 Å². The van der Waals surface area contributed by atoms with E-state index in [1.165, 1.54) is 0 Å². The van der Waals surface area contributed by atoms with E-state index < -0.39 is 0 Å². The maximum atomic E-state index is 6.18. The predicted octanol–water partition coefficient (Wildman–Crippen LogP) is 5.69. The topological polar surface area (TPSA) is 49.3 Å². The summed E-state index contributed by atoms with van der Waals surface area (Å²) < 4.78 is 23.2. The zero-order valence-corrected chi connectivity index (χ0v) is 18.4. The summed E-state index contributed by atoms with van der Waals surface area (Å²) in [6, 6.07) is 20.4. The largest absolute Gasteiger partial charge is 0.493 e. The second-order valence-corrected chi connectivity index (χ2v) is 8.52. The summed E-state index contributed by atoms with van der Waals surface area (Å²) in [7, 11) is 4.93. The van der Waals surface area contributed by atoms with E-state index in [0.29, 0.717) is 23.9 Å². The highest BCUT2D eigenvalue weighted by atomic mass is 32.2. The minimum Gasteiger partial charge on any atom is -0.493 e. The van der Waals surface area contributed by atoms with Crippen LogP contribution in [-0.2, 0) is 0 Å². The summed E-state index contributed by atoms with van der Waals surface area (Å²) in [6.45, 7) is 0.541. The Morgan fingerprint density at radius 2 is 1.65 bits per heavy atom. The molecule has 158 valence electrons. The number of rotatable bonds is 4. The molecule has 2 heterocycles. The summed E-state index contributed by atoms with van der Waals surface area (Å²) in [6.07, 6.45) is 0. The lowest BCUT2D eigenvalue weighted by Gasteiger charge is -2.32. The highest BCUT2D eigenvalue weighted by molar-refractivity contribution is 7.99. The van der Waals surface area contributed by atoms with Gasteiger partial charge in [-0.2, -0.15) is 0 Å². The van der Waals surface area contributed by atoms with Crippen molar-refractivity contribution in [2.24, 2.45) is 10.9 Å². The number of methoxy groups -OCH3 is 3. The summed E-state index contributed by atoms with van der Waals surface area (Å²) >= 11 is 1.78. The number of aliphatic imine (C=N–C) groups is 1. The SMILES string of the molecule is COc1ccc([C@@H]2Sc3ccccc3N=C3c4ccccc4OC[C@H]32)c(OC)c1OC. The molecule has 0 saturated heterocycles. The molecule has 2 aliphatic rings. The number of ether oxygens (including phenoxy) is 4. The number of hydrogen-bond donors (Lipinski definition) is 0. The lowest BCUT2D eigenvalue weighted by molar-refractivity contribution is 0.269. The molecule has 2 aliphatic heterocycles. The van der Waals surface area contributed by atoms with Gasteiger partial charge in [0.1, 0.15) is 5.75 Å². The number of para-hydroxylation sites is 2. The van der Waals surface area contributed by atoms with Crippen molar-refractivity contribution in [2.45, 2.75) is 10.1 Å². The average Bonchev–Trinajstić information content (AvgIpc) is 2.99. The van der Waals surface area contributed by atoms with Crippen LogP contribution in [-0.4, -0.2) is 33.6 Å². The molecule has 0 spiro atoms. The fourth-order valence-electron chi connectivity index (χ4n) is 4.26. The molecule has 0 fully saturated rings. The Kier molecular flexibility index (Phi) is 5.24. The number of hydrogen-bond acceptors (Lipinski definition) is 6. The van der Waals surface area contributed by atoms with Crippen molar-refractivity contribution in [3.63, 3.8) is 0 Å². The molecular weight excluding hydrogens is 410 g/mol. The normalized spacial score (nSPS) is 19.0. The highest BCUT2D eigenvalue weighted by Crippen LogP contribution is 2.54. The van der Waals surface area contributed by atoms with E-state index in [9.17, 15) is 0 Å². The van der Waals surface area contributed by atoms with Gasteiger partial charge in [0.2, 0.25) is 5.75 Å². The fourth-order valence-corrected chi connectivity index (χ4v) is 5.61. The first-order valence-electron chi connectivity index (χ1n) is 10.1. The third-order valence-electron chi connectivity index (χ3n) is 5.70. The van der Waals surface area contributed by atoms with Crippen LogP contribution in [0.5, 0.6) is 23.0 Å². The summed E-state index contributed by atoms with van der Waals surface area (Å²) in [5.41, 5.74) is 4.09. The second-order valence-electron chi connectivity index (χ2n) is 7.34. The van der Waals surface area contributed by atoms with E-state index in [2.05, 4.69) is 24.3 Å². The van der Waals surface area contributed by atoms with E-state index in [-0.39, 0.29) is 11.2 Å². The molecule has 0 amide bonds. The molecule has 2 atom stereocenters. The number of fused-ring (bicyclic) bond motifs is 4. The predicted molar refractivity (Wildman–Crippen MR) is 123 cm³/mol.